The van der Waals surface area contributed by atoms with Crippen LogP contribution in [0.5, 0.6) is 0 Å². The summed E-state index contributed by atoms with van der Waals surface area (Å²) in [6.07, 6.45) is 1.92. The van der Waals surface area contributed by atoms with E-state index < -0.39 is 11.9 Å². The quantitative estimate of drug-likeness (QED) is 0.599. The summed E-state index contributed by atoms with van der Waals surface area (Å²) in [5, 5.41) is 26.0. The van der Waals surface area contributed by atoms with E-state index >= 15 is 0 Å². The van der Waals surface area contributed by atoms with Crippen LogP contribution >= 0.6 is 0 Å². The number of ether oxygens (including phenoxy) is 1. The zero-order valence-electron chi connectivity index (χ0n) is 18.1. The molecular weight excluding hydrogens is 374 g/mol. The Morgan fingerprint density at radius 2 is 2.03 bits per heavy atom. The summed E-state index contributed by atoms with van der Waals surface area (Å²) in [4.78, 5) is 0. The first-order valence-electron chi connectivity index (χ1n) is 10.6. The molecule has 1 unspecified atom stereocenters. The molecule has 3 aromatic rings. The highest BCUT2D eigenvalue weighted by molar-refractivity contribution is 5.83. The molecule has 30 heavy (non-hydrogen) atoms. The smallest absolute Gasteiger partial charge is 0.159 e. The van der Waals surface area contributed by atoms with Crippen molar-refractivity contribution < 1.29 is 9.84 Å². The van der Waals surface area contributed by atoms with Crippen LogP contribution < -0.4 is 0 Å². The summed E-state index contributed by atoms with van der Waals surface area (Å²) in [6.45, 7) is 8.40. The maximum absolute atomic E-state index is 10.3. The molecule has 0 spiro atoms. The van der Waals surface area contributed by atoms with E-state index in [-0.39, 0.29) is 0 Å². The van der Waals surface area contributed by atoms with Crippen molar-refractivity contribution in [1.82, 2.24) is 9.78 Å². The number of benzene rings is 2. The molecule has 1 aliphatic rings. The van der Waals surface area contributed by atoms with Crippen LogP contribution in [0.25, 0.3) is 10.9 Å². The van der Waals surface area contributed by atoms with Gasteiger partial charge in [-0.25, -0.2) is 0 Å². The van der Waals surface area contributed by atoms with Crippen molar-refractivity contribution in [2.24, 2.45) is 0 Å². The summed E-state index contributed by atoms with van der Waals surface area (Å²) in [7, 11) is 0. The van der Waals surface area contributed by atoms with E-state index in [4.69, 9.17) is 9.84 Å². The van der Waals surface area contributed by atoms with Crippen molar-refractivity contribution in [3.8, 4) is 6.07 Å². The summed E-state index contributed by atoms with van der Waals surface area (Å²) in [5.41, 5.74) is 5.59. The van der Waals surface area contributed by atoms with Crippen molar-refractivity contribution in [3.05, 3.63) is 64.3 Å². The number of aliphatic hydroxyl groups excluding tert-OH is 1. The molecule has 5 heteroatoms. The molecule has 5 nitrogen and oxygen atoms in total. The predicted octanol–water partition coefficient (Wildman–Crippen LogP) is 4.82. The van der Waals surface area contributed by atoms with Gasteiger partial charge in [0, 0.05) is 17.7 Å². The summed E-state index contributed by atoms with van der Waals surface area (Å²) >= 11 is 0. The minimum Gasteiger partial charge on any atom is -0.368 e. The highest BCUT2D eigenvalue weighted by atomic mass is 16.6. The van der Waals surface area contributed by atoms with Crippen LogP contribution in [0.4, 0.5) is 0 Å². The number of aliphatic hydroxyl groups is 1. The number of hydrogen-bond acceptors (Lipinski definition) is 4. The van der Waals surface area contributed by atoms with Crippen LogP contribution in [0, 0.1) is 18.3 Å². The van der Waals surface area contributed by atoms with Gasteiger partial charge in [-0.15, -0.1) is 0 Å². The van der Waals surface area contributed by atoms with Crippen LogP contribution in [0.1, 0.15) is 67.5 Å². The standard InChI is InChI=1S/C25H29N3O2/c1-16-6-5-7-19(14-26)21(16)15-28-22-12-17(13-23(29)30-25(2,3)4)8-11-20(22)24(27-28)18-9-10-18/h5-8,11-12,18,23,29H,9-10,13,15H2,1-4H3. The van der Waals surface area contributed by atoms with Gasteiger partial charge in [-0.1, -0.05) is 24.3 Å². The van der Waals surface area contributed by atoms with Gasteiger partial charge >= 0.3 is 0 Å². The van der Waals surface area contributed by atoms with Crippen molar-refractivity contribution >= 4 is 10.9 Å². The van der Waals surface area contributed by atoms with E-state index in [1.807, 2.05) is 50.6 Å². The SMILES string of the molecule is Cc1cccc(C#N)c1Cn1nc(C2CC2)c2ccc(CC(O)OC(C)(C)C)cc21. The van der Waals surface area contributed by atoms with Gasteiger partial charge in [0.1, 0.15) is 0 Å². The zero-order valence-corrected chi connectivity index (χ0v) is 18.1. The minimum atomic E-state index is -0.858. The molecule has 0 saturated heterocycles. The molecule has 1 saturated carbocycles. The predicted molar refractivity (Wildman–Crippen MR) is 117 cm³/mol. The Morgan fingerprint density at radius 3 is 2.70 bits per heavy atom. The zero-order chi connectivity index (χ0) is 21.5. The summed E-state index contributed by atoms with van der Waals surface area (Å²) < 4.78 is 7.70. The highest BCUT2D eigenvalue weighted by Gasteiger charge is 2.29. The lowest BCUT2D eigenvalue weighted by molar-refractivity contribution is -0.163. The van der Waals surface area contributed by atoms with E-state index in [0.29, 0.717) is 24.4 Å². The van der Waals surface area contributed by atoms with Gasteiger partial charge in [0.25, 0.3) is 0 Å². The molecule has 2 aromatic carbocycles. The van der Waals surface area contributed by atoms with Gasteiger partial charge in [-0.3, -0.25) is 4.68 Å². The lowest BCUT2D eigenvalue weighted by Crippen LogP contribution is -2.28. The average Bonchev–Trinajstić information content (AvgIpc) is 3.45. The third-order valence-electron chi connectivity index (χ3n) is 5.55. The first-order chi connectivity index (χ1) is 14.2. The third kappa shape index (κ3) is 4.40. The van der Waals surface area contributed by atoms with Crippen molar-refractivity contribution in [1.29, 1.82) is 5.26 Å². The molecular formula is C25H29N3O2. The molecule has 1 N–H and O–H groups in total. The van der Waals surface area contributed by atoms with E-state index in [2.05, 4.69) is 24.3 Å². The number of hydrogen-bond donors (Lipinski definition) is 1. The molecule has 1 fully saturated rings. The van der Waals surface area contributed by atoms with Crippen LogP contribution in [-0.2, 0) is 17.7 Å². The second-order valence-corrected chi connectivity index (χ2v) is 9.27. The molecule has 0 amide bonds. The molecule has 1 atom stereocenters. The van der Waals surface area contributed by atoms with Crippen LogP contribution in [0.2, 0.25) is 0 Å². The van der Waals surface area contributed by atoms with Gasteiger partial charge in [0.2, 0.25) is 0 Å². The van der Waals surface area contributed by atoms with E-state index in [9.17, 15) is 10.4 Å². The van der Waals surface area contributed by atoms with Crippen LogP contribution in [0.15, 0.2) is 36.4 Å². The Kier molecular flexibility index (Phi) is 5.40. The number of aryl methyl sites for hydroxylation is 1. The Balaban J connectivity index is 1.71. The second kappa shape index (κ2) is 7.86. The van der Waals surface area contributed by atoms with Gasteiger partial charge in [0.05, 0.1) is 35.0 Å². The fourth-order valence-corrected chi connectivity index (χ4v) is 3.97. The topological polar surface area (TPSA) is 71.1 Å². The third-order valence-corrected chi connectivity index (χ3v) is 5.55. The Hall–Kier alpha value is -2.68. The molecule has 0 radical (unpaired) electrons. The monoisotopic (exact) mass is 403 g/mol. The lowest BCUT2D eigenvalue weighted by atomic mass is 10.0. The molecule has 1 aromatic heterocycles. The number of aromatic nitrogens is 2. The van der Waals surface area contributed by atoms with Gasteiger partial charge in [-0.2, -0.15) is 10.4 Å². The normalized spacial score (nSPS) is 15.3. The minimum absolute atomic E-state index is 0.400. The molecule has 4 rings (SSSR count). The highest BCUT2D eigenvalue weighted by Crippen LogP contribution is 2.42. The second-order valence-electron chi connectivity index (χ2n) is 9.27. The maximum atomic E-state index is 10.3. The van der Waals surface area contributed by atoms with Gasteiger partial charge in [-0.05, 0) is 69.4 Å². The van der Waals surface area contributed by atoms with Crippen LogP contribution in [-0.4, -0.2) is 26.8 Å². The largest absolute Gasteiger partial charge is 0.368 e. The molecule has 156 valence electrons. The summed E-state index contributed by atoms with van der Waals surface area (Å²) in [6, 6.07) is 14.4. The average molecular weight is 404 g/mol. The van der Waals surface area contributed by atoms with Crippen molar-refractivity contribution in [2.75, 3.05) is 0 Å². The molecule has 1 aliphatic carbocycles. The van der Waals surface area contributed by atoms with E-state index in [1.165, 1.54) is 18.2 Å². The summed E-state index contributed by atoms with van der Waals surface area (Å²) in [5.74, 6) is 0.529. The van der Waals surface area contributed by atoms with E-state index in [0.717, 1.165) is 27.9 Å². The number of nitrogens with zero attached hydrogens (tertiary/aromatic N) is 3. The van der Waals surface area contributed by atoms with Gasteiger partial charge < -0.3 is 9.84 Å². The van der Waals surface area contributed by atoms with Crippen LogP contribution in [0.3, 0.4) is 0 Å². The van der Waals surface area contributed by atoms with Crippen molar-refractivity contribution in [3.63, 3.8) is 0 Å². The lowest BCUT2D eigenvalue weighted by Gasteiger charge is -2.24. The molecule has 0 aliphatic heterocycles. The molecule has 1 heterocycles. The maximum Gasteiger partial charge on any atom is 0.159 e. The number of nitriles is 1. The first-order valence-corrected chi connectivity index (χ1v) is 10.6. The Labute approximate surface area is 177 Å². The van der Waals surface area contributed by atoms with Gasteiger partial charge in [0.15, 0.2) is 6.29 Å². The first kappa shape index (κ1) is 20.6. The number of fused-ring (bicyclic) bond motifs is 1. The fraction of sp³-hybridized carbons (Fsp3) is 0.440. The fourth-order valence-electron chi connectivity index (χ4n) is 3.97. The Bertz CT molecular complexity index is 1110. The number of rotatable bonds is 6. The Morgan fingerprint density at radius 1 is 1.27 bits per heavy atom. The van der Waals surface area contributed by atoms with Crippen molar-refractivity contribution in [2.45, 2.75) is 71.3 Å². The van der Waals surface area contributed by atoms with E-state index in [1.54, 1.807) is 0 Å². The molecule has 0 bridgehead atoms.